The predicted molar refractivity (Wildman–Crippen MR) is 202 cm³/mol. The van der Waals surface area contributed by atoms with Crippen molar-refractivity contribution in [2.75, 3.05) is 21.3 Å². The van der Waals surface area contributed by atoms with Gasteiger partial charge in [-0.05, 0) is 84.7 Å². The average molecular weight is 854 g/mol. The van der Waals surface area contributed by atoms with Crippen LogP contribution in [0.4, 0.5) is 0 Å². The van der Waals surface area contributed by atoms with Crippen LogP contribution in [-0.4, -0.2) is 21.3 Å². The molecule has 0 aliphatic carbocycles. The molecule has 4 aromatic rings. The van der Waals surface area contributed by atoms with Crippen molar-refractivity contribution >= 4 is 72.8 Å². The third kappa shape index (κ3) is 9.91. The summed E-state index contributed by atoms with van der Waals surface area (Å²) >= 11 is 14.5. The van der Waals surface area contributed by atoms with Crippen LogP contribution in [0, 0.1) is 0 Å². The van der Waals surface area contributed by atoms with Crippen LogP contribution in [0.2, 0.25) is 0 Å². The van der Waals surface area contributed by atoms with Crippen molar-refractivity contribution < 1.29 is 9.05 Å². The normalized spacial score (nSPS) is 11.1. The highest BCUT2D eigenvalue weighted by Gasteiger charge is 2.18. The summed E-state index contributed by atoms with van der Waals surface area (Å²) in [5, 5.41) is 3.88. The molecule has 4 rings (SSSR count). The molecule has 0 aromatic heterocycles. The molecule has 0 spiro atoms. The molecule has 0 aliphatic heterocycles. The molecule has 0 radical (unpaired) electrons. The maximum absolute atomic E-state index is 6.69. The van der Waals surface area contributed by atoms with Crippen molar-refractivity contribution in [1.29, 1.82) is 0 Å². The Kier molecular flexibility index (Phi) is 15.6. The molecule has 0 atom stereocenters. The molecule has 2 nitrogen and oxygen atoms in total. The minimum absolute atomic E-state index is 0.170. The van der Waals surface area contributed by atoms with Gasteiger partial charge in [-0.25, -0.2) is 0 Å². The van der Waals surface area contributed by atoms with Crippen LogP contribution in [0.1, 0.15) is 47.9 Å². The molecule has 43 heavy (non-hydrogen) atoms. The van der Waals surface area contributed by atoms with Crippen molar-refractivity contribution in [2.45, 2.75) is 51.4 Å². The summed E-state index contributed by atoms with van der Waals surface area (Å²) in [6.07, 6.45) is 8.18. The highest BCUT2D eigenvalue weighted by atomic mass is 79.9. The molecule has 0 saturated carbocycles. The molecule has 0 N–H and O–H groups in total. The predicted octanol–water partition coefficient (Wildman–Crippen LogP) is 12.3. The van der Waals surface area contributed by atoms with Crippen molar-refractivity contribution in [2.24, 2.45) is 0 Å². The van der Waals surface area contributed by atoms with Gasteiger partial charge in [-0.2, -0.15) is 0 Å². The first-order chi connectivity index (χ1) is 21.2. The molecule has 0 aliphatic rings. The van der Waals surface area contributed by atoms with E-state index in [0.29, 0.717) is 0 Å². The molecule has 0 heterocycles. The summed E-state index contributed by atoms with van der Waals surface area (Å²) in [5.41, 5.74) is 9.88. The quantitative estimate of drug-likeness (QED) is 0.0733. The van der Waals surface area contributed by atoms with E-state index in [-0.39, 0.29) is 9.03 Å². The number of aryl methyl sites for hydroxylation is 4. The fraction of sp³-hybridized carbons (Fsp3) is 0.333. The lowest BCUT2D eigenvalue weighted by Gasteiger charge is -2.20. The van der Waals surface area contributed by atoms with Gasteiger partial charge in [-0.3, -0.25) is 0 Å². The van der Waals surface area contributed by atoms with Gasteiger partial charge in [0.05, 0.1) is 0 Å². The second-order valence-electron chi connectivity index (χ2n) is 10.4. The van der Waals surface area contributed by atoms with Gasteiger partial charge in [0.1, 0.15) is 11.5 Å². The largest absolute Gasteiger partial charge is 0.440 e. The van der Waals surface area contributed by atoms with Gasteiger partial charge in [-0.15, -0.1) is 0 Å². The van der Waals surface area contributed by atoms with E-state index in [1.807, 2.05) is 0 Å². The molecular weight excluding hydrogens is 815 g/mol. The van der Waals surface area contributed by atoms with Crippen molar-refractivity contribution in [1.82, 2.24) is 0 Å². The molecule has 0 amide bonds. The number of hydrogen-bond acceptors (Lipinski definition) is 2. The van der Waals surface area contributed by atoms with Gasteiger partial charge in [-0.1, -0.05) is 149 Å². The van der Waals surface area contributed by atoms with Gasteiger partial charge in [0.2, 0.25) is 0 Å². The minimum atomic E-state index is -0.170. The van der Waals surface area contributed by atoms with Gasteiger partial charge in [0, 0.05) is 32.4 Å². The summed E-state index contributed by atoms with van der Waals surface area (Å²) in [6.45, 7) is 0. The zero-order valence-electron chi connectivity index (χ0n) is 24.4. The van der Waals surface area contributed by atoms with E-state index in [2.05, 4.69) is 149 Å². The maximum Gasteiger partial charge on any atom is 0.275 e. The number of alkyl halides is 4. The number of benzene rings is 4. The van der Waals surface area contributed by atoms with Crippen LogP contribution in [0.25, 0.3) is 22.3 Å². The second kappa shape index (κ2) is 19.4. The molecule has 0 saturated heterocycles. The van der Waals surface area contributed by atoms with Gasteiger partial charge < -0.3 is 9.05 Å². The zero-order chi connectivity index (χ0) is 30.3. The summed E-state index contributed by atoms with van der Waals surface area (Å²) in [4.78, 5) is 0. The molecule has 228 valence electrons. The number of rotatable bonds is 18. The Morgan fingerprint density at radius 3 is 1.12 bits per heavy atom. The smallest absolute Gasteiger partial charge is 0.275 e. The molecular formula is C36H39Br4O2P. The van der Waals surface area contributed by atoms with E-state index in [1.165, 1.54) is 33.4 Å². The number of para-hydroxylation sites is 2. The lowest BCUT2D eigenvalue weighted by atomic mass is 9.94. The van der Waals surface area contributed by atoms with E-state index >= 15 is 0 Å². The number of hydrogen-bond donors (Lipinski definition) is 0. The maximum atomic E-state index is 6.69. The average Bonchev–Trinajstić information content (AvgIpc) is 3.05. The minimum Gasteiger partial charge on any atom is -0.440 e. The first kappa shape index (κ1) is 34.7. The topological polar surface area (TPSA) is 18.5 Å². The van der Waals surface area contributed by atoms with Gasteiger partial charge >= 0.3 is 0 Å². The first-order valence-electron chi connectivity index (χ1n) is 14.9. The molecule has 0 bridgehead atoms. The van der Waals surface area contributed by atoms with Crippen molar-refractivity contribution in [3.05, 3.63) is 107 Å². The fourth-order valence-electron chi connectivity index (χ4n) is 5.36. The third-order valence-electron chi connectivity index (χ3n) is 7.41. The Morgan fingerprint density at radius 2 is 0.721 bits per heavy atom. The lowest BCUT2D eigenvalue weighted by Crippen LogP contribution is -2.00. The van der Waals surface area contributed by atoms with Crippen LogP contribution in [0.5, 0.6) is 11.5 Å². The summed E-state index contributed by atoms with van der Waals surface area (Å²) in [7, 11) is -0.170. The molecule has 0 unspecified atom stereocenters. The lowest BCUT2D eigenvalue weighted by molar-refractivity contribution is 0.509. The Hall–Kier alpha value is -1.17. The Bertz CT molecular complexity index is 1320. The van der Waals surface area contributed by atoms with Crippen LogP contribution >= 0.6 is 72.8 Å². The summed E-state index contributed by atoms with van der Waals surface area (Å²) < 4.78 is 13.4. The Balaban J connectivity index is 1.70. The fourth-order valence-corrected chi connectivity index (χ4v) is 7.18. The monoisotopic (exact) mass is 850 g/mol. The van der Waals surface area contributed by atoms with Crippen molar-refractivity contribution in [3.63, 3.8) is 0 Å². The third-order valence-corrected chi connectivity index (χ3v) is 10.2. The molecule has 7 heteroatoms. The van der Waals surface area contributed by atoms with Crippen LogP contribution in [0.3, 0.4) is 0 Å². The van der Waals surface area contributed by atoms with E-state index in [1.54, 1.807) is 0 Å². The van der Waals surface area contributed by atoms with E-state index < -0.39 is 0 Å². The Labute approximate surface area is 293 Å². The SMILES string of the molecule is BrCCCc1ccccc1-c1cccc(CCCBr)c1OPOc1c(CCCBr)cccc1-c1ccccc1CCCBr. The first-order valence-corrected chi connectivity index (χ1v) is 20.2. The highest BCUT2D eigenvalue weighted by molar-refractivity contribution is 9.09. The van der Waals surface area contributed by atoms with Crippen LogP contribution < -0.4 is 9.05 Å². The zero-order valence-corrected chi connectivity index (χ0v) is 31.7. The summed E-state index contributed by atoms with van der Waals surface area (Å²) in [5.74, 6) is 1.87. The van der Waals surface area contributed by atoms with Crippen LogP contribution in [-0.2, 0) is 25.7 Å². The molecule has 4 aromatic carbocycles. The van der Waals surface area contributed by atoms with Crippen LogP contribution in [0.15, 0.2) is 84.9 Å². The van der Waals surface area contributed by atoms with E-state index in [0.717, 1.165) is 95.3 Å². The number of halogens is 4. The van der Waals surface area contributed by atoms with E-state index in [4.69, 9.17) is 9.05 Å². The standard InChI is InChI=1S/C36H39Br4O2P/c37-23-7-15-27-11-1-3-19-31(27)33-21-5-13-29(17-9-25-39)35(33)41-43-42-36-30(18-10-26-40)14-6-22-34(36)32-20-4-2-12-28(32)16-8-24-38/h1-6,11-14,19-22,43H,7-10,15-18,23-26H2. The highest BCUT2D eigenvalue weighted by Crippen LogP contribution is 2.43. The Morgan fingerprint density at radius 1 is 0.395 bits per heavy atom. The van der Waals surface area contributed by atoms with E-state index in [9.17, 15) is 0 Å². The van der Waals surface area contributed by atoms with Gasteiger partial charge in [0.15, 0.2) is 0 Å². The van der Waals surface area contributed by atoms with Gasteiger partial charge in [0.25, 0.3) is 9.03 Å². The second-order valence-corrected chi connectivity index (χ2v) is 14.1. The van der Waals surface area contributed by atoms with Crippen molar-refractivity contribution in [3.8, 4) is 33.8 Å². The summed E-state index contributed by atoms with van der Waals surface area (Å²) in [6, 6.07) is 30.6. The molecule has 0 fully saturated rings.